The number of hydrogen-bond donors (Lipinski definition) is 2. The lowest BCUT2D eigenvalue weighted by Crippen LogP contribution is -2.32. The third-order valence-electron chi connectivity index (χ3n) is 5.40. The number of carbonyl (C=O) groups excluding carboxylic acids is 1. The van der Waals surface area contributed by atoms with Gasteiger partial charge < -0.3 is 14.8 Å². The Morgan fingerprint density at radius 2 is 1.68 bits per heavy atom. The van der Waals surface area contributed by atoms with Gasteiger partial charge >= 0.3 is 0 Å². The molecule has 2 N–H and O–H groups in total. The minimum Gasteiger partial charge on any atom is -0.486 e. The van der Waals surface area contributed by atoms with E-state index in [1.54, 1.807) is 0 Å². The normalized spacial score (nSPS) is 13.9. The Labute approximate surface area is 198 Å². The van der Waals surface area contributed by atoms with Gasteiger partial charge in [-0.05, 0) is 53.9 Å². The van der Waals surface area contributed by atoms with Gasteiger partial charge in [0.05, 0.1) is 16.6 Å². The first kappa shape index (κ1) is 23.6. The molecule has 1 aliphatic rings. The second-order valence-electron chi connectivity index (χ2n) is 8.21. The molecule has 3 aromatic rings. The highest BCUT2D eigenvalue weighted by Gasteiger charge is 2.23. The molecule has 0 aromatic heterocycles. The molecule has 9 heteroatoms. The van der Waals surface area contributed by atoms with Gasteiger partial charge in [-0.15, -0.1) is 0 Å². The fourth-order valence-corrected chi connectivity index (χ4v) is 4.78. The van der Waals surface area contributed by atoms with E-state index in [1.807, 2.05) is 32.0 Å². The summed E-state index contributed by atoms with van der Waals surface area (Å²) in [6.07, 6.45) is 0. The van der Waals surface area contributed by atoms with E-state index in [4.69, 9.17) is 9.47 Å². The number of amides is 1. The van der Waals surface area contributed by atoms with Crippen LogP contribution in [-0.2, 0) is 10.0 Å². The maximum atomic E-state index is 13.9. The number of nitrogens with one attached hydrogen (secondary N) is 2. The average Bonchev–Trinajstić information content (AvgIpc) is 2.83. The monoisotopic (exact) mass is 484 g/mol. The number of hydrogen-bond acceptors (Lipinski definition) is 5. The molecule has 7 nitrogen and oxygen atoms in total. The summed E-state index contributed by atoms with van der Waals surface area (Å²) in [5.74, 6) is 0.192. The van der Waals surface area contributed by atoms with Crippen molar-refractivity contribution >= 4 is 21.6 Å². The van der Waals surface area contributed by atoms with Crippen LogP contribution in [-0.4, -0.2) is 27.5 Å². The van der Waals surface area contributed by atoms with Gasteiger partial charge in [-0.25, -0.2) is 12.8 Å². The fraction of sp³-hybridized carbons (Fsp3) is 0.240. The number of anilines is 1. The Balaban J connectivity index is 1.56. The van der Waals surface area contributed by atoms with E-state index in [1.165, 1.54) is 42.5 Å². The van der Waals surface area contributed by atoms with Gasteiger partial charge in [-0.2, -0.15) is 0 Å². The molecule has 3 aromatic carbocycles. The molecule has 0 aliphatic carbocycles. The third-order valence-corrected chi connectivity index (χ3v) is 6.77. The maximum absolute atomic E-state index is 13.9. The summed E-state index contributed by atoms with van der Waals surface area (Å²) < 4.78 is 52.9. The molecule has 1 aliphatic heterocycles. The standard InChI is InChI=1S/C25H25FN2O5S/c1-16(2)24(17-10-11-22-23(15-17)33-13-12-32-22)27-25(29)18-6-5-7-19(14-18)34(30,31)28-21-9-4-3-8-20(21)26/h3-11,14-16,24,28H,12-13H2,1-2H3,(H,27,29). The van der Waals surface area contributed by atoms with Crippen LogP contribution in [0.15, 0.2) is 71.6 Å². The zero-order valence-corrected chi connectivity index (χ0v) is 19.6. The molecule has 4 rings (SSSR count). The van der Waals surface area contributed by atoms with Crippen LogP contribution in [0.3, 0.4) is 0 Å². The summed E-state index contributed by atoms with van der Waals surface area (Å²) >= 11 is 0. The quantitative estimate of drug-likeness (QED) is 0.514. The molecule has 0 saturated heterocycles. The van der Waals surface area contributed by atoms with E-state index in [-0.39, 0.29) is 28.1 Å². The smallest absolute Gasteiger partial charge is 0.262 e. The number of benzene rings is 3. The SMILES string of the molecule is CC(C)C(NC(=O)c1cccc(S(=O)(=O)Nc2ccccc2F)c1)c1ccc2c(c1)OCCO2. The second kappa shape index (κ2) is 9.72. The molecule has 1 heterocycles. The second-order valence-corrected chi connectivity index (χ2v) is 9.89. The fourth-order valence-electron chi connectivity index (χ4n) is 3.67. The van der Waals surface area contributed by atoms with E-state index in [2.05, 4.69) is 10.0 Å². The summed E-state index contributed by atoms with van der Waals surface area (Å²) in [4.78, 5) is 12.9. The number of sulfonamides is 1. The zero-order chi connectivity index (χ0) is 24.3. The molecule has 1 amide bonds. The molecule has 0 spiro atoms. The van der Waals surface area contributed by atoms with Gasteiger partial charge in [0.2, 0.25) is 0 Å². The first-order valence-corrected chi connectivity index (χ1v) is 12.3. The Kier molecular flexibility index (Phi) is 6.74. The third kappa shape index (κ3) is 5.14. The molecule has 0 fully saturated rings. The van der Waals surface area contributed by atoms with Crippen LogP contribution in [0.5, 0.6) is 11.5 Å². The van der Waals surface area contributed by atoms with E-state index < -0.39 is 21.7 Å². The van der Waals surface area contributed by atoms with Crippen molar-refractivity contribution in [1.29, 1.82) is 0 Å². The van der Waals surface area contributed by atoms with Crippen LogP contribution in [0.4, 0.5) is 10.1 Å². The Bertz CT molecular complexity index is 1310. The van der Waals surface area contributed by atoms with Gasteiger partial charge in [0.15, 0.2) is 11.5 Å². The Morgan fingerprint density at radius 3 is 2.41 bits per heavy atom. The minimum absolute atomic E-state index is 0.0427. The molecule has 1 atom stereocenters. The van der Waals surface area contributed by atoms with Gasteiger partial charge in [0.1, 0.15) is 19.0 Å². The molecule has 1 unspecified atom stereocenters. The predicted molar refractivity (Wildman–Crippen MR) is 126 cm³/mol. The first-order chi connectivity index (χ1) is 16.2. The lowest BCUT2D eigenvalue weighted by atomic mass is 9.95. The summed E-state index contributed by atoms with van der Waals surface area (Å²) in [5.41, 5.74) is 0.841. The van der Waals surface area contributed by atoms with E-state index >= 15 is 0 Å². The van der Waals surface area contributed by atoms with E-state index in [0.717, 1.165) is 11.6 Å². The van der Waals surface area contributed by atoms with Crippen molar-refractivity contribution in [1.82, 2.24) is 5.32 Å². The highest BCUT2D eigenvalue weighted by Crippen LogP contribution is 2.34. The lowest BCUT2D eigenvalue weighted by Gasteiger charge is -2.25. The first-order valence-electron chi connectivity index (χ1n) is 10.8. The van der Waals surface area contributed by atoms with Crippen LogP contribution < -0.4 is 19.5 Å². The largest absolute Gasteiger partial charge is 0.486 e. The molecule has 0 bridgehead atoms. The van der Waals surface area contributed by atoms with Gasteiger partial charge in [0.25, 0.3) is 15.9 Å². The number of ether oxygens (including phenoxy) is 2. The van der Waals surface area contributed by atoms with Crippen LogP contribution in [0.2, 0.25) is 0 Å². The number of fused-ring (bicyclic) bond motifs is 1. The van der Waals surface area contributed by atoms with E-state index in [9.17, 15) is 17.6 Å². The van der Waals surface area contributed by atoms with Crippen molar-refractivity contribution in [2.45, 2.75) is 24.8 Å². The van der Waals surface area contributed by atoms with Crippen LogP contribution in [0, 0.1) is 11.7 Å². The molecular formula is C25H25FN2O5S. The van der Waals surface area contributed by atoms with Crippen molar-refractivity contribution in [2.24, 2.45) is 5.92 Å². The van der Waals surface area contributed by atoms with Crippen molar-refractivity contribution < 1.29 is 27.1 Å². The zero-order valence-electron chi connectivity index (χ0n) is 18.7. The molecule has 0 radical (unpaired) electrons. The van der Waals surface area contributed by atoms with Crippen LogP contribution >= 0.6 is 0 Å². The topological polar surface area (TPSA) is 93.7 Å². The highest BCUT2D eigenvalue weighted by atomic mass is 32.2. The summed E-state index contributed by atoms with van der Waals surface area (Å²) in [7, 11) is -4.10. The van der Waals surface area contributed by atoms with E-state index in [0.29, 0.717) is 24.7 Å². The summed E-state index contributed by atoms with van der Waals surface area (Å²) in [5, 5.41) is 2.98. The Hall–Kier alpha value is -3.59. The van der Waals surface area contributed by atoms with Gasteiger partial charge in [-0.3, -0.25) is 9.52 Å². The van der Waals surface area contributed by atoms with Crippen molar-refractivity contribution in [3.8, 4) is 11.5 Å². The van der Waals surface area contributed by atoms with Gasteiger partial charge in [-0.1, -0.05) is 38.1 Å². The van der Waals surface area contributed by atoms with Crippen LogP contribution in [0.1, 0.15) is 35.8 Å². The lowest BCUT2D eigenvalue weighted by molar-refractivity contribution is 0.0925. The molecule has 178 valence electrons. The number of halogens is 1. The van der Waals surface area contributed by atoms with Crippen LogP contribution in [0.25, 0.3) is 0 Å². The Morgan fingerprint density at radius 1 is 0.941 bits per heavy atom. The number of rotatable bonds is 7. The number of carbonyl (C=O) groups is 1. The van der Waals surface area contributed by atoms with Gasteiger partial charge in [0, 0.05) is 5.56 Å². The van der Waals surface area contributed by atoms with Crippen molar-refractivity contribution in [2.75, 3.05) is 17.9 Å². The summed E-state index contributed by atoms with van der Waals surface area (Å²) in [6, 6.07) is 16.3. The molecule has 0 saturated carbocycles. The summed E-state index contributed by atoms with van der Waals surface area (Å²) in [6.45, 7) is 4.89. The van der Waals surface area contributed by atoms with Crippen molar-refractivity contribution in [3.05, 3.63) is 83.7 Å². The predicted octanol–water partition coefficient (Wildman–Crippen LogP) is 4.52. The molecule has 34 heavy (non-hydrogen) atoms. The van der Waals surface area contributed by atoms with Crippen molar-refractivity contribution in [3.63, 3.8) is 0 Å². The highest BCUT2D eigenvalue weighted by molar-refractivity contribution is 7.92. The maximum Gasteiger partial charge on any atom is 0.262 e. The molecular weight excluding hydrogens is 459 g/mol. The minimum atomic E-state index is -4.10. The number of para-hydroxylation sites is 1. The average molecular weight is 485 g/mol.